The molecule has 244 valence electrons. The van der Waals surface area contributed by atoms with Gasteiger partial charge < -0.3 is 34.9 Å². The molecule has 0 spiro atoms. The van der Waals surface area contributed by atoms with Crippen molar-refractivity contribution in [3.05, 3.63) is 23.8 Å². The van der Waals surface area contributed by atoms with Gasteiger partial charge in [0.1, 0.15) is 17.5 Å². The number of amides is 3. The summed E-state index contributed by atoms with van der Waals surface area (Å²) >= 11 is 0. The minimum Gasteiger partial charge on any atom is -0.497 e. The number of rotatable bonds is 21. The second kappa shape index (κ2) is 19.8. The molecule has 0 aromatic heterocycles. The van der Waals surface area contributed by atoms with Crippen molar-refractivity contribution in [1.29, 1.82) is 0 Å². The summed E-state index contributed by atoms with van der Waals surface area (Å²) in [7, 11) is 4.65. The Bertz CT molecular complexity index is 1030. The molecule has 11 heteroatoms. The minimum atomic E-state index is -2.46. The highest BCUT2D eigenvalue weighted by Crippen LogP contribution is 2.26. The number of benzene rings is 1. The van der Waals surface area contributed by atoms with E-state index < -0.39 is 30.1 Å². The van der Waals surface area contributed by atoms with Crippen molar-refractivity contribution in [2.24, 2.45) is 5.92 Å². The summed E-state index contributed by atoms with van der Waals surface area (Å²) in [6.45, 7) is 7.71. The topological polar surface area (TPSA) is 144 Å². The van der Waals surface area contributed by atoms with Gasteiger partial charge in [-0.1, -0.05) is 52.9 Å². The van der Waals surface area contributed by atoms with E-state index in [0.717, 1.165) is 37.7 Å². The zero-order valence-corrected chi connectivity index (χ0v) is 27.1. The zero-order chi connectivity index (χ0) is 32.4. The molecule has 0 saturated carbocycles. The first-order valence-electron chi connectivity index (χ1n) is 15.4. The molecule has 3 N–H and O–H groups in total. The minimum absolute atomic E-state index is 0.0352. The van der Waals surface area contributed by atoms with Crippen molar-refractivity contribution < 1.29 is 38.5 Å². The van der Waals surface area contributed by atoms with Crippen LogP contribution in [0.2, 0.25) is 0 Å². The standard InChI is InChI=1S/C32H53N3O8/c1-8-10-11-12-13-14-15-28(36)33-26(20-23(3)4)30(38)34-32(40,31(39)43-9-2)19-18-29(37)35(5)22-24-16-17-25(41-6)21-27(24)42-7/h16-17,21,23,26,40H,8-15,18-20,22H2,1-7H3,(H,33,36)(H,34,38)/t26-,32?/m0/s1. The quantitative estimate of drug-likeness (QED) is 0.108. The molecule has 3 amide bonds. The van der Waals surface area contributed by atoms with E-state index in [9.17, 15) is 24.3 Å². The van der Waals surface area contributed by atoms with Crippen molar-refractivity contribution >= 4 is 23.7 Å². The molecule has 1 rings (SSSR count). The molecule has 0 radical (unpaired) electrons. The summed E-state index contributed by atoms with van der Waals surface area (Å²) in [5.74, 6) is -1.22. The van der Waals surface area contributed by atoms with Crippen LogP contribution in [0.4, 0.5) is 0 Å². The van der Waals surface area contributed by atoms with E-state index in [-0.39, 0.29) is 43.7 Å². The molecule has 0 heterocycles. The summed E-state index contributed by atoms with van der Waals surface area (Å²) in [5, 5.41) is 16.4. The van der Waals surface area contributed by atoms with Crippen LogP contribution in [0.3, 0.4) is 0 Å². The highest BCUT2D eigenvalue weighted by atomic mass is 16.6. The molecule has 11 nitrogen and oxygen atoms in total. The van der Waals surface area contributed by atoms with Crippen LogP contribution in [0.25, 0.3) is 0 Å². The van der Waals surface area contributed by atoms with Crippen LogP contribution in [0.1, 0.15) is 97.5 Å². The molecule has 2 atom stereocenters. The van der Waals surface area contributed by atoms with Crippen LogP contribution in [0.5, 0.6) is 11.5 Å². The van der Waals surface area contributed by atoms with Gasteiger partial charge in [-0.3, -0.25) is 14.4 Å². The summed E-state index contributed by atoms with van der Waals surface area (Å²) in [6, 6.07) is 4.29. The average Bonchev–Trinajstić information content (AvgIpc) is 2.97. The number of aliphatic hydroxyl groups is 1. The van der Waals surface area contributed by atoms with E-state index in [1.165, 1.54) is 18.4 Å². The van der Waals surface area contributed by atoms with Gasteiger partial charge in [-0.05, 0) is 37.8 Å². The zero-order valence-electron chi connectivity index (χ0n) is 27.1. The first-order chi connectivity index (χ1) is 20.4. The first kappa shape index (κ1) is 37.7. The lowest BCUT2D eigenvalue weighted by molar-refractivity contribution is -0.173. The highest BCUT2D eigenvalue weighted by Gasteiger charge is 2.41. The Morgan fingerprint density at radius 2 is 1.65 bits per heavy atom. The predicted molar refractivity (Wildman–Crippen MR) is 164 cm³/mol. The summed E-state index contributed by atoms with van der Waals surface area (Å²) in [6.07, 6.45) is 6.09. The predicted octanol–water partition coefficient (Wildman–Crippen LogP) is 4.09. The number of hydrogen-bond acceptors (Lipinski definition) is 8. The number of esters is 1. The van der Waals surface area contributed by atoms with E-state index in [0.29, 0.717) is 17.9 Å². The number of unbranched alkanes of at least 4 members (excludes halogenated alkanes) is 5. The Labute approximate surface area is 257 Å². The lowest BCUT2D eigenvalue weighted by Gasteiger charge is -2.30. The maximum absolute atomic E-state index is 13.3. The number of hydrogen-bond donors (Lipinski definition) is 3. The van der Waals surface area contributed by atoms with Gasteiger partial charge in [0, 0.05) is 44.5 Å². The normalized spacial score (nSPS) is 13.0. The van der Waals surface area contributed by atoms with E-state index >= 15 is 0 Å². The third-order valence-electron chi connectivity index (χ3n) is 7.09. The highest BCUT2D eigenvalue weighted by molar-refractivity contribution is 5.92. The van der Waals surface area contributed by atoms with Gasteiger partial charge in [-0.2, -0.15) is 0 Å². The van der Waals surface area contributed by atoms with E-state index in [2.05, 4.69) is 17.6 Å². The van der Waals surface area contributed by atoms with Crippen molar-refractivity contribution in [1.82, 2.24) is 15.5 Å². The van der Waals surface area contributed by atoms with Crippen molar-refractivity contribution in [3.8, 4) is 11.5 Å². The molecule has 0 saturated heterocycles. The Hall–Kier alpha value is -3.34. The van der Waals surface area contributed by atoms with E-state index in [1.54, 1.807) is 39.3 Å². The maximum Gasteiger partial charge on any atom is 0.359 e. The fraction of sp³-hybridized carbons (Fsp3) is 0.688. The molecule has 1 aromatic rings. The first-order valence-corrected chi connectivity index (χ1v) is 15.4. The number of nitrogens with zero attached hydrogens (tertiary/aromatic N) is 1. The second-order valence-corrected chi connectivity index (χ2v) is 11.3. The third-order valence-corrected chi connectivity index (χ3v) is 7.09. The summed E-state index contributed by atoms with van der Waals surface area (Å²) < 4.78 is 15.7. The maximum atomic E-state index is 13.3. The van der Waals surface area contributed by atoms with Crippen LogP contribution in [0, 0.1) is 5.92 Å². The van der Waals surface area contributed by atoms with Gasteiger partial charge in [0.25, 0.3) is 0 Å². The van der Waals surface area contributed by atoms with Gasteiger partial charge in [0.05, 0.1) is 20.8 Å². The third kappa shape index (κ3) is 13.7. The van der Waals surface area contributed by atoms with Crippen LogP contribution < -0.4 is 20.1 Å². The summed E-state index contributed by atoms with van der Waals surface area (Å²) in [5.41, 5.74) is -1.72. The average molecular weight is 608 g/mol. The molecule has 0 aliphatic carbocycles. The van der Waals surface area contributed by atoms with Gasteiger partial charge in [0.2, 0.25) is 23.4 Å². The number of methoxy groups -OCH3 is 2. The second-order valence-electron chi connectivity index (χ2n) is 11.3. The molecule has 0 aliphatic heterocycles. The Balaban J connectivity index is 2.92. The Morgan fingerprint density at radius 1 is 0.977 bits per heavy atom. The molecular formula is C32H53N3O8. The summed E-state index contributed by atoms with van der Waals surface area (Å²) in [4.78, 5) is 53.2. The number of ether oxygens (including phenoxy) is 3. The van der Waals surface area contributed by atoms with Crippen LogP contribution in [-0.2, 0) is 30.5 Å². The van der Waals surface area contributed by atoms with Gasteiger partial charge in [0.15, 0.2) is 0 Å². The molecule has 43 heavy (non-hydrogen) atoms. The molecular weight excluding hydrogens is 554 g/mol. The van der Waals surface area contributed by atoms with Crippen LogP contribution in [-0.4, -0.2) is 73.3 Å². The number of carbonyl (C=O) groups is 4. The van der Waals surface area contributed by atoms with E-state index in [4.69, 9.17) is 14.2 Å². The van der Waals surface area contributed by atoms with Crippen molar-refractivity contribution in [2.75, 3.05) is 27.9 Å². The molecule has 0 aliphatic rings. The van der Waals surface area contributed by atoms with Gasteiger partial charge in [-0.15, -0.1) is 0 Å². The van der Waals surface area contributed by atoms with Crippen LogP contribution in [0.15, 0.2) is 18.2 Å². The van der Waals surface area contributed by atoms with E-state index in [1.807, 2.05) is 13.8 Å². The fourth-order valence-electron chi connectivity index (χ4n) is 4.60. The smallest absolute Gasteiger partial charge is 0.359 e. The largest absolute Gasteiger partial charge is 0.497 e. The van der Waals surface area contributed by atoms with Crippen LogP contribution >= 0.6 is 0 Å². The number of nitrogens with one attached hydrogen (secondary N) is 2. The SMILES string of the molecule is CCCCCCCCC(=O)N[C@@H](CC(C)C)C(=O)NC(O)(CCC(=O)N(C)Cc1ccc(OC)cc1OC)C(=O)OCC. The lowest BCUT2D eigenvalue weighted by atomic mass is 10.0. The number of carbonyl (C=O) groups excluding carboxylic acids is 4. The fourth-order valence-corrected chi connectivity index (χ4v) is 4.60. The molecule has 1 aromatic carbocycles. The van der Waals surface area contributed by atoms with Gasteiger partial charge in [-0.25, -0.2) is 4.79 Å². The monoisotopic (exact) mass is 607 g/mol. The molecule has 1 unspecified atom stereocenters. The lowest BCUT2D eigenvalue weighted by Crippen LogP contribution is -2.60. The molecule has 0 fully saturated rings. The Morgan fingerprint density at radius 3 is 2.26 bits per heavy atom. The molecule has 0 bridgehead atoms. The van der Waals surface area contributed by atoms with Crippen molar-refractivity contribution in [3.63, 3.8) is 0 Å². The Kier molecular flexibility index (Phi) is 17.3. The van der Waals surface area contributed by atoms with Gasteiger partial charge >= 0.3 is 5.97 Å². The van der Waals surface area contributed by atoms with Crippen molar-refractivity contribution in [2.45, 2.75) is 110 Å².